The Bertz CT molecular complexity index is 887. The lowest BCUT2D eigenvalue weighted by Crippen LogP contribution is -2.36. The van der Waals surface area contributed by atoms with Crippen LogP contribution < -0.4 is 10.6 Å². The first-order chi connectivity index (χ1) is 12.4. The summed E-state index contributed by atoms with van der Waals surface area (Å²) in [5.41, 5.74) is 1.27. The molecule has 0 radical (unpaired) electrons. The minimum absolute atomic E-state index is 0.0185. The Hall–Kier alpha value is -2.19. The largest absolute Gasteiger partial charge is 0.368 e. The van der Waals surface area contributed by atoms with E-state index >= 15 is 0 Å². The third kappa shape index (κ3) is 5.15. The number of hydrogen-bond acceptors (Lipinski definition) is 6. The number of rotatable bonds is 6. The molecular weight excluding hydrogens is 376 g/mol. The van der Waals surface area contributed by atoms with Crippen LogP contribution in [0.15, 0.2) is 36.7 Å². The van der Waals surface area contributed by atoms with Crippen LogP contribution in [0.4, 0.5) is 5.82 Å². The fourth-order valence-electron chi connectivity index (χ4n) is 2.73. The molecule has 9 heteroatoms. The summed E-state index contributed by atoms with van der Waals surface area (Å²) in [6.45, 7) is 0.653. The Morgan fingerprint density at radius 2 is 2.12 bits per heavy atom. The number of hydrogen-bond donors (Lipinski definition) is 2. The predicted molar refractivity (Wildman–Crippen MR) is 100 cm³/mol. The molecule has 1 atom stereocenters. The van der Waals surface area contributed by atoms with Crippen molar-refractivity contribution in [2.24, 2.45) is 0 Å². The van der Waals surface area contributed by atoms with Gasteiger partial charge in [0, 0.05) is 17.6 Å². The van der Waals surface area contributed by atoms with Crippen LogP contribution in [0, 0.1) is 0 Å². The summed E-state index contributed by atoms with van der Waals surface area (Å²) in [6.07, 6.45) is 4.07. The van der Waals surface area contributed by atoms with Crippen molar-refractivity contribution in [3.05, 3.63) is 52.9 Å². The first-order valence-electron chi connectivity index (χ1n) is 8.23. The van der Waals surface area contributed by atoms with Crippen molar-refractivity contribution in [2.45, 2.75) is 18.9 Å². The summed E-state index contributed by atoms with van der Waals surface area (Å²) in [4.78, 5) is 20.4. The maximum atomic E-state index is 12.1. The lowest BCUT2D eigenvalue weighted by molar-refractivity contribution is 0.0935. The molecule has 0 bridgehead atoms. The highest BCUT2D eigenvalue weighted by Crippen LogP contribution is 2.13. The zero-order chi connectivity index (χ0) is 18.6. The fourth-order valence-corrected chi connectivity index (χ4v) is 4.62. The van der Waals surface area contributed by atoms with E-state index in [2.05, 4.69) is 20.6 Å². The first-order valence-corrected chi connectivity index (χ1v) is 10.4. The van der Waals surface area contributed by atoms with Crippen LogP contribution in [0.5, 0.6) is 0 Å². The van der Waals surface area contributed by atoms with Crippen LogP contribution in [0.2, 0.25) is 5.02 Å². The van der Waals surface area contributed by atoms with Gasteiger partial charge in [-0.25, -0.2) is 18.4 Å². The van der Waals surface area contributed by atoms with Crippen LogP contribution in [-0.4, -0.2) is 48.4 Å². The number of amides is 1. The standard InChI is InChI=1S/C17H19ClN4O3S/c18-13-3-1-2-12(8-13)4-6-19-16-10-20-15(9-21-16)17(23)22-14-5-7-26(24,25)11-14/h1-3,8-10,14H,4-7,11H2,(H,19,21)(H,22,23). The maximum Gasteiger partial charge on any atom is 0.271 e. The Morgan fingerprint density at radius 3 is 2.77 bits per heavy atom. The van der Waals surface area contributed by atoms with E-state index in [0.29, 0.717) is 23.8 Å². The lowest BCUT2D eigenvalue weighted by Gasteiger charge is -2.10. The maximum absolute atomic E-state index is 12.1. The van der Waals surface area contributed by atoms with E-state index in [4.69, 9.17) is 11.6 Å². The second-order valence-corrected chi connectivity index (χ2v) is 8.83. The molecule has 1 aliphatic heterocycles. The molecule has 0 aliphatic carbocycles. The van der Waals surface area contributed by atoms with Crippen LogP contribution in [-0.2, 0) is 16.3 Å². The molecule has 1 aromatic heterocycles. The quantitative estimate of drug-likeness (QED) is 0.773. The van der Waals surface area contributed by atoms with E-state index < -0.39 is 15.7 Å². The monoisotopic (exact) mass is 394 g/mol. The van der Waals surface area contributed by atoms with Crippen LogP contribution in [0.3, 0.4) is 0 Å². The Balaban J connectivity index is 1.49. The molecule has 7 nitrogen and oxygen atoms in total. The average molecular weight is 395 g/mol. The molecule has 0 spiro atoms. The zero-order valence-electron chi connectivity index (χ0n) is 14.0. The van der Waals surface area contributed by atoms with Gasteiger partial charge in [-0.15, -0.1) is 0 Å². The summed E-state index contributed by atoms with van der Waals surface area (Å²) < 4.78 is 22.9. The van der Waals surface area contributed by atoms with E-state index in [1.807, 2.05) is 24.3 Å². The molecule has 1 saturated heterocycles. The van der Waals surface area contributed by atoms with Gasteiger partial charge < -0.3 is 10.6 Å². The molecule has 2 heterocycles. The third-order valence-electron chi connectivity index (χ3n) is 4.06. The van der Waals surface area contributed by atoms with Crippen molar-refractivity contribution in [2.75, 3.05) is 23.4 Å². The first kappa shape index (κ1) is 18.6. The van der Waals surface area contributed by atoms with E-state index in [0.717, 1.165) is 12.0 Å². The highest BCUT2D eigenvalue weighted by molar-refractivity contribution is 7.91. The van der Waals surface area contributed by atoms with Gasteiger partial charge in [0.2, 0.25) is 0 Å². The van der Waals surface area contributed by atoms with Gasteiger partial charge in [-0.3, -0.25) is 4.79 Å². The number of anilines is 1. The number of halogens is 1. The Morgan fingerprint density at radius 1 is 1.27 bits per heavy atom. The van der Waals surface area contributed by atoms with Crippen molar-refractivity contribution in [1.29, 1.82) is 0 Å². The van der Waals surface area contributed by atoms with Crippen LogP contribution >= 0.6 is 11.6 Å². The molecule has 26 heavy (non-hydrogen) atoms. The van der Waals surface area contributed by atoms with Gasteiger partial charge in [-0.05, 0) is 30.5 Å². The summed E-state index contributed by atoms with van der Waals surface area (Å²) in [5.74, 6) is 0.242. The van der Waals surface area contributed by atoms with E-state index in [9.17, 15) is 13.2 Å². The van der Waals surface area contributed by atoms with Crippen molar-refractivity contribution in [3.8, 4) is 0 Å². The van der Waals surface area contributed by atoms with Crippen LogP contribution in [0.1, 0.15) is 22.5 Å². The van der Waals surface area contributed by atoms with Gasteiger partial charge in [0.05, 0.1) is 23.9 Å². The number of carbonyl (C=O) groups excluding carboxylic acids is 1. The topological polar surface area (TPSA) is 101 Å². The number of carbonyl (C=O) groups is 1. The highest BCUT2D eigenvalue weighted by Gasteiger charge is 2.29. The number of benzene rings is 1. The average Bonchev–Trinajstić information content (AvgIpc) is 2.94. The van der Waals surface area contributed by atoms with E-state index in [1.165, 1.54) is 12.4 Å². The Labute approximate surface area is 157 Å². The van der Waals surface area contributed by atoms with E-state index in [1.54, 1.807) is 0 Å². The minimum atomic E-state index is -3.03. The second-order valence-electron chi connectivity index (χ2n) is 6.17. The molecule has 138 valence electrons. The number of nitrogens with one attached hydrogen (secondary N) is 2. The van der Waals surface area contributed by atoms with Gasteiger partial charge in [-0.1, -0.05) is 23.7 Å². The second kappa shape index (κ2) is 8.01. The summed E-state index contributed by atoms with van der Waals surface area (Å²) in [5, 5.41) is 6.52. The fraction of sp³-hybridized carbons (Fsp3) is 0.353. The smallest absolute Gasteiger partial charge is 0.271 e. The van der Waals surface area contributed by atoms with Crippen molar-refractivity contribution < 1.29 is 13.2 Å². The third-order valence-corrected chi connectivity index (χ3v) is 6.06. The summed E-state index contributed by atoms with van der Waals surface area (Å²) in [7, 11) is -3.03. The van der Waals surface area contributed by atoms with Gasteiger partial charge in [0.15, 0.2) is 9.84 Å². The van der Waals surface area contributed by atoms with E-state index in [-0.39, 0.29) is 23.2 Å². The number of aromatic nitrogens is 2. The van der Waals surface area contributed by atoms with Crippen molar-refractivity contribution >= 4 is 33.2 Å². The molecule has 2 aromatic rings. The van der Waals surface area contributed by atoms with Gasteiger partial charge >= 0.3 is 0 Å². The molecule has 1 unspecified atom stereocenters. The molecule has 1 fully saturated rings. The normalized spacial score (nSPS) is 18.4. The number of nitrogens with zero attached hydrogens (tertiary/aromatic N) is 2. The molecule has 1 aromatic carbocycles. The van der Waals surface area contributed by atoms with Crippen molar-refractivity contribution in [3.63, 3.8) is 0 Å². The molecule has 1 amide bonds. The zero-order valence-corrected chi connectivity index (χ0v) is 15.6. The molecule has 1 aliphatic rings. The molecule has 3 rings (SSSR count). The van der Waals surface area contributed by atoms with Crippen LogP contribution in [0.25, 0.3) is 0 Å². The van der Waals surface area contributed by atoms with Gasteiger partial charge in [0.1, 0.15) is 11.5 Å². The molecule has 0 saturated carbocycles. The number of sulfone groups is 1. The molecule has 2 N–H and O–H groups in total. The highest BCUT2D eigenvalue weighted by atomic mass is 35.5. The van der Waals surface area contributed by atoms with Gasteiger partial charge in [-0.2, -0.15) is 0 Å². The lowest BCUT2D eigenvalue weighted by atomic mass is 10.1. The SMILES string of the molecule is O=C(NC1CCS(=O)(=O)C1)c1cnc(NCCc2cccc(Cl)c2)cn1. The predicted octanol–water partition coefficient (Wildman–Crippen LogP) is 1.70. The summed E-state index contributed by atoms with van der Waals surface area (Å²) in [6, 6.07) is 7.28. The summed E-state index contributed by atoms with van der Waals surface area (Å²) >= 11 is 5.95. The van der Waals surface area contributed by atoms with Crippen molar-refractivity contribution in [1.82, 2.24) is 15.3 Å². The Kier molecular flexibility index (Phi) is 5.73. The van der Waals surface area contributed by atoms with Gasteiger partial charge in [0.25, 0.3) is 5.91 Å². The minimum Gasteiger partial charge on any atom is -0.368 e. The molecular formula is C17H19ClN4O3S.